The molecule has 2 aromatic carbocycles. The van der Waals surface area contributed by atoms with Crippen molar-refractivity contribution in [2.75, 3.05) is 10.2 Å². The second-order valence-corrected chi connectivity index (χ2v) is 10.1. The quantitative estimate of drug-likeness (QED) is 0.482. The van der Waals surface area contributed by atoms with E-state index >= 15 is 0 Å². The molecule has 2 aliphatic rings. The molecule has 2 amide bonds. The second kappa shape index (κ2) is 7.48. The largest absolute Gasteiger partial charge is 0.322 e. The van der Waals surface area contributed by atoms with Crippen molar-refractivity contribution in [3.63, 3.8) is 0 Å². The first kappa shape index (κ1) is 20.8. The van der Waals surface area contributed by atoms with E-state index < -0.39 is 10.8 Å². The van der Waals surface area contributed by atoms with Crippen molar-refractivity contribution in [1.82, 2.24) is 9.55 Å². The lowest BCUT2D eigenvalue weighted by molar-refractivity contribution is -0.126. The highest BCUT2D eigenvalue weighted by Crippen LogP contribution is 2.40. The number of aromatic nitrogens is 2. The number of nitrogens with zero attached hydrogens (tertiary/aromatic N) is 3. The van der Waals surface area contributed by atoms with Crippen LogP contribution in [0.25, 0.3) is 10.9 Å². The average Bonchev–Trinajstić information content (AvgIpc) is 3.59. The molecule has 1 aromatic heterocycles. The lowest BCUT2D eigenvalue weighted by Gasteiger charge is -2.43. The van der Waals surface area contributed by atoms with Gasteiger partial charge in [0.05, 0.1) is 27.5 Å². The van der Waals surface area contributed by atoms with Gasteiger partial charge in [-0.05, 0) is 57.9 Å². The van der Waals surface area contributed by atoms with Gasteiger partial charge in [0.2, 0.25) is 11.8 Å². The lowest BCUT2D eigenvalue weighted by Crippen LogP contribution is -2.60. The van der Waals surface area contributed by atoms with Crippen LogP contribution in [0.5, 0.6) is 0 Å². The van der Waals surface area contributed by atoms with Gasteiger partial charge in [-0.15, -0.1) is 0 Å². The van der Waals surface area contributed by atoms with E-state index in [2.05, 4.69) is 5.32 Å². The van der Waals surface area contributed by atoms with Crippen molar-refractivity contribution in [2.45, 2.75) is 55.6 Å². The Balaban J connectivity index is 1.53. The fraction of sp³-hybridized carbons (Fsp3) is 0.333. The molecule has 5 rings (SSSR count). The number of hydrogen-bond donors (Lipinski definition) is 1. The van der Waals surface area contributed by atoms with E-state index in [4.69, 9.17) is 4.98 Å². The highest BCUT2D eigenvalue weighted by Gasteiger charge is 2.45. The maximum absolute atomic E-state index is 13.7. The molecule has 1 aliphatic carbocycles. The molecule has 0 spiro atoms. The number of fused-ring (bicyclic) bond motifs is 2. The van der Waals surface area contributed by atoms with Gasteiger partial charge in [-0.1, -0.05) is 36.0 Å². The molecule has 0 bridgehead atoms. The van der Waals surface area contributed by atoms with Crippen LogP contribution in [0.1, 0.15) is 39.7 Å². The molecule has 32 heavy (non-hydrogen) atoms. The second-order valence-electron chi connectivity index (χ2n) is 8.78. The number of amides is 2. The molecular weight excluding hydrogens is 424 g/mol. The van der Waals surface area contributed by atoms with Crippen LogP contribution < -0.4 is 15.8 Å². The van der Waals surface area contributed by atoms with Gasteiger partial charge in [0.1, 0.15) is 5.54 Å². The molecule has 3 aromatic rings. The van der Waals surface area contributed by atoms with Crippen molar-refractivity contribution in [3.8, 4) is 0 Å². The molecule has 0 saturated heterocycles. The van der Waals surface area contributed by atoms with E-state index in [0.717, 1.165) is 12.8 Å². The van der Waals surface area contributed by atoms with Crippen LogP contribution in [0.15, 0.2) is 58.5 Å². The third-order valence-corrected chi connectivity index (χ3v) is 7.10. The summed E-state index contributed by atoms with van der Waals surface area (Å²) in [5.41, 5.74) is 0.789. The van der Waals surface area contributed by atoms with Crippen molar-refractivity contribution in [1.29, 1.82) is 0 Å². The van der Waals surface area contributed by atoms with Gasteiger partial charge in [-0.2, -0.15) is 0 Å². The van der Waals surface area contributed by atoms with Gasteiger partial charge in [0.15, 0.2) is 5.16 Å². The summed E-state index contributed by atoms with van der Waals surface area (Å²) in [6.07, 6.45) is 1.87. The summed E-state index contributed by atoms with van der Waals surface area (Å²) in [6, 6.07) is 14.7. The maximum atomic E-state index is 13.7. The summed E-state index contributed by atoms with van der Waals surface area (Å²) in [7, 11) is 0. The summed E-state index contributed by atoms with van der Waals surface area (Å²) in [5, 5.41) is 3.47. The van der Waals surface area contributed by atoms with E-state index in [1.165, 1.54) is 11.8 Å². The van der Waals surface area contributed by atoms with E-state index in [-0.39, 0.29) is 23.4 Å². The number of benzene rings is 2. The highest BCUT2D eigenvalue weighted by atomic mass is 32.2. The first-order valence-electron chi connectivity index (χ1n) is 10.7. The topological polar surface area (TPSA) is 84.3 Å². The molecule has 1 atom stereocenters. The smallest absolute Gasteiger partial charge is 0.262 e. The highest BCUT2D eigenvalue weighted by molar-refractivity contribution is 8.00. The van der Waals surface area contributed by atoms with Gasteiger partial charge in [-0.25, -0.2) is 4.98 Å². The number of para-hydroxylation sites is 3. The number of nitrogens with one attached hydrogen (secondary N) is 1. The van der Waals surface area contributed by atoms with Crippen molar-refractivity contribution in [3.05, 3.63) is 58.9 Å². The van der Waals surface area contributed by atoms with Crippen LogP contribution in [0.2, 0.25) is 0 Å². The van der Waals surface area contributed by atoms with Gasteiger partial charge >= 0.3 is 0 Å². The fourth-order valence-electron chi connectivity index (χ4n) is 4.10. The monoisotopic (exact) mass is 448 g/mol. The zero-order chi connectivity index (χ0) is 22.6. The Labute approximate surface area is 189 Å². The number of carbonyl (C=O) groups is 2. The first-order chi connectivity index (χ1) is 15.3. The van der Waals surface area contributed by atoms with Gasteiger partial charge in [0, 0.05) is 6.04 Å². The van der Waals surface area contributed by atoms with Crippen LogP contribution in [0, 0.1) is 0 Å². The van der Waals surface area contributed by atoms with E-state index in [1.807, 2.05) is 36.4 Å². The van der Waals surface area contributed by atoms with Gasteiger partial charge < -0.3 is 5.32 Å². The molecule has 0 radical (unpaired) electrons. The number of rotatable bonds is 4. The molecule has 2 heterocycles. The molecule has 8 heteroatoms. The van der Waals surface area contributed by atoms with Crippen LogP contribution in [-0.4, -0.2) is 32.2 Å². The van der Waals surface area contributed by atoms with Crippen LogP contribution in [-0.2, 0) is 9.59 Å². The zero-order valence-electron chi connectivity index (χ0n) is 18.2. The predicted octanol–water partition coefficient (Wildman–Crippen LogP) is 3.98. The standard InChI is InChI=1S/C24H24N4O3S/c1-14(20(29)28-19-11-7-6-10-18(19)25-22(31)24(28,2)3)32-23-26-17-9-5-4-8-16(17)21(30)27(23)15-12-13-15/h4-11,14-15H,12-13H2,1-3H3,(H,25,31). The van der Waals surface area contributed by atoms with Gasteiger partial charge in [-0.3, -0.25) is 23.9 Å². The number of anilines is 2. The normalized spacial score (nSPS) is 18.2. The molecule has 1 unspecified atom stereocenters. The minimum atomic E-state index is -1.05. The molecule has 1 aliphatic heterocycles. The minimum absolute atomic E-state index is 0.0664. The summed E-state index contributed by atoms with van der Waals surface area (Å²) in [5.74, 6) is -0.437. The third kappa shape index (κ3) is 3.30. The molecular formula is C24H24N4O3S. The Hall–Kier alpha value is -3.13. The summed E-state index contributed by atoms with van der Waals surface area (Å²) in [6.45, 7) is 5.28. The number of hydrogen-bond acceptors (Lipinski definition) is 5. The molecule has 1 saturated carbocycles. The number of thioether (sulfide) groups is 1. The molecule has 164 valence electrons. The Bertz CT molecular complexity index is 1310. The van der Waals surface area contributed by atoms with Crippen LogP contribution in [0.3, 0.4) is 0 Å². The van der Waals surface area contributed by atoms with E-state index in [0.29, 0.717) is 27.4 Å². The summed E-state index contributed by atoms with van der Waals surface area (Å²) >= 11 is 1.27. The average molecular weight is 449 g/mol. The van der Waals surface area contributed by atoms with E-state index in [1.54, 1.807) is 42.4 Å². The predicted molar refractivity (Wildman–Crippen MR) is 126 cm³/mol. The lowest BCUT2D eigenvalue weighted by atomic mass is 9.96. The van der Waals surface area contributed by atoms with Crippen molar-refractivity contribution >= 4 is 45.9 Å². The van der Waals surface area contributed by atoms with Crippen molar-refractivity contribution in [2.24, 2.45) is 0 Å². The Kier molecular flexibility index (Phi) is 4.85. The molecule has 1 N–H and O–H groups in total. The fourth-order valence-corrected chi connectivity index (χ4v) is 5.12. The molecule has 1 fully saturated rings. The molecule has 7 nitrogen and oxygen atoms in total. The van der Waals surface area contributed by atoms with Crippen LogP contribution in [0.4, 0.5) is 11.4 Å². The summed E-state index contributed by atoms with van der Waals surface area (Å²) in [4.78, 5) is 45.9. The SMILES string of the molecule is CC(Sc1nc2ccccc2c(=O)n1C1CC1)C(=O)N1c2ccccc2NC(=O)C1(C)C. The van der Waals surface area contributed by atoms with Gasteiger partial charge in [0.25, 0.3) is 5.56 Å². The maximum Gasteiger partial charge on any atom is 0.262 e. The minimum Gasteiger partial charge on any atom is -0.322 e. The Morgan fingerprint density at radius 1 is 1.12 bits per heavy atom. The van der Waals surface area contributed by atoms with E-state index in [9.17, 15) is 14.4 Å². The first-order valence-corrected chi connectivity index (χ1v) is 11.6. The Morgan fingerprint density at radius 2 is 1.81 bits per heavy atom. The zero-order valence-corrected chi connectivity index (χ0v) is 19.0. The summed E-state index contributed by atoms with van der Waals surface area (Å²) < 4.78 is 1.73. The number of carbonyl (C=O) groups excluding carboxylic acids is 2. The third-order valence-electron chi connectivity index (χ3n) is 6.05. The van der Waals surface area contributed by atoms with Crippen LogP contribution >= 0.6 is 11.8 Å². The van der Waals surface area contributed by atoms with Crippen molar-refractivity contribution < 1.29 is 9.59 Å². The Morgan fingerprint density at radius 3 is 2.56 bits per heavy atom.